The number of amides is 2. The number of halogens is 1. The molecular weight excluding hydrogens is 368 g/mol. The smallest absolute Gasteiger partial charge is 0.243 e. The van der Waals surface area contributed by atoms with E-state index >= 15 is 0 Å². The van der Waals surface area contributed by atoms with Gasteiger partial charge in [-0.05, 0) is 41.8 Å². The van der Waals surface area contributed by atoms with Gasteiger partial charge in [0.25, 0.3) is 0 Å². The van der Waals surface area contributed by atoms with Crippen molar-refractivity contribution in [3.63, 3.8) is 0 Å². The Morgan fingerprint density at radius 1 is 1.19 bits per heavy atom. The largest absolute Gasteiger partial charge is 0.330 e. The molecule has 2 aromatic rings. The molecule has 136 valence electrons. The summed E-state index contributed by atoms with van der Waals surface area (Å²) in [6, 6.07) is 12.4. The third-order valence-corrected chi connectivity index (χ3v) is 6.35. The van der Waals surface area contributed by atoms with Crippen LogP contribution in [0.5, 0.6) is 0 Å². The van der Waals surface area contributed by atoms with Crippen LogP contribution in [-0.4, -0.2) is 46.6 Å². The number of rotatable bonds is 5. The maximum absolute atomic E-state index is 13.2. The van der Waals surface area contributed by atoms with Crippen molar-refractivity contribution in [3.05, 3.63) is 57.8 Å². The summed E-state index contributed by atoms with van der Waals surface area (Å²) < 4.78 is 0. The molecule has 2 amide bonds. The third-order valence-electron chi connectivity index (χ3n) is 5.13. The van der Waals surface area contributed by atoms with Crippen molar-refractivity contribution >= 4 is 34.8 Å². The summed E-state index contributed by atoms with van der Waals surface area (Å²) in [5.41, 5.74) is 2.32. The van der Waals surface area contributed by atoms with E-state index in [2.05, 4.69) is 23.6 Å². The number of carbonyl (C=O) groups excluding carboxylic acids is 2. The monoisotopic (exact) mass is 388 g/mol. The van der Waals surface area contributed by atoms with Crippen LogP contribution < -0.4 is 0 Å². The van der Waals surface area contributed by atoms with Gasteiger partial charge in [-0.1, -0.05) is 30.3 Å². The normalized spacial score (nSPS) is 19.1. The number of benzene rings is 1. The second-order valence-corrected chi connectivity index (χ2v) is 8.10. The molecule has 4 nitrogen and oxygen atoms in total. The van der Waals surface area contributed by atoms with E-state index in [1.54, 1.807) is 16.2 Å². The van der Waals surface area contributed by atoms with E-state index in [1.807, 2.05) is 23.1 Å². The van der Waals surface area contributed by atoms with Crippen LogP contribution >= 0.6 is 22.9 Å². The lowest BCUT2D eigenvalue weighted by atomic mass is 9.93. The minimum Gasteiger partial charge on any atom is -0.330 e. The van der Waals surface area contributed by atoms with Crippen LogP contribution in [0.3, 0.4) is 0 Å². The van der Waals surface area contributed by atoms with Gasteiger partial charge in [-0.25, -0.2) is 0 Å². The molecule has 1 aliphatic heterocycles. The molecule has 0 spiro atoms. The maximum atomic E-state index is 13.2. The average molecular weight is 389 g/mol. The highest BCUT2D eigenvalue weighted by Gasteiger charge is 2.37. The van der Waals surface area contributed by atoms with Gasteiger partial charge in [-0.15, -0.1) is 22.9 Å². The van der Waals surface area contributed by atoms with Gasteiger partial charge in [0.2, 0.25) is 11.8 Å². The summed E-state index contributed by atoms with van der Waals surface area (Å²) in [5, 5.41) is 2.10. The van der Waals surface area contributed by atoms with Gasteiger partial charge in [0, 0.05) is 17.5 Å². The first kappa shape index (κ1) is 17.6. The van der Waals surface area contributed by atoms with Crippen LogP contribution in [0, 0.1) is 0 Å². The molecule has 1 aliphatic carbocycles. The summed E-state index contributed by atoms with van der Waals surface area (Å²) in [5.74, 6) is -0.214. The number of nitrogens with zero attached hydrogens (tertiary/aromatic N) is 2. The number of fused-ring (bicyclic) bond motifs is 1. The van der Waals surface area contributed by atoms with E-state index in [0.29, 0.717) is 6.54 Å². The van der Waals surface area contributed by atoms with Crippen LogP contribution in [-0.2, 0) is 16.0 Å². The molecular formula is C20H21ClN2O2S. The van der Waals surface area contributed by atoms with Gasteiger partial charge in [-0.2, -0.15) is 0 Å². The average Bonchev–Trinajstić information content (AvgIpc) is 3.41. The van der Waals surface area contributed by atoms with Crippen molar-refractivity contribution < 1.29 is 9.59 Å². The Bertz CT molecular complexity index is 803. The van der Waals surface area contributed by atoms with Gasteiger partial charge in [-0.3, -0.25) is 9.59 Å². The van der Waals surface area contributed by atoms with Crippen LogP contribution in [0.4, 0.5) is 0 Å². The van der Waals surface area contributed by atoms with Crippen LogP contribution in [0.2, 0.25) is 0 Å². The number of alkyl halides is 1. The second-order valence-electron chi connectivity index (χ2n) is 6.84. The highest BCUT2D eigenvalue weighted by Crippen LogP contribution is 2.38. The Kier molecular flexibility index (Phi) is 5.00. The lowest BCUT2D eigenvalue weighted by molar-refractivity contribution is -0.141. The van der Waals surface area contributed by atoms with Crippen molar-refractivity contribution in [2.24, 2.45) is 0 Å². The van der Waals surface area contributed by atoms with Crippen LogP contribution in [0.25, 0.3) is 0 Å². The molecule has 0 N–H and O–H groups in total. The van der Waals surface area contributed by atoms with Gasteiger partial charge in [0.05, 0.1) is 6.04 Å². The predicted molar refractivity (Wildman–Crippen MR) is 103 cm³/mol. The summed E-state index contributed by atoms with van der Waals surface area (Å²) in [6.45, 7) is 0.804. The third kappa shape index (κ3) is 3.38. The van der Waals surface area contributed by atoms with E-state index in [4.69, 9.17) is 11.6 Å². The van der Waals surface area contributed by atoms with Crippen LogP contribution in [0.15, 0.2) is 41.8 Å². The van der Waals surface area contributed by atoms with Gasteiger partial charge in [0.15, 0.2) is 0 Å². The molecule has 2 aliphatic rings. The molecule has 1 atom stereocenters. The van der Waals surface area contributed by atoms with E-state index in [1.165, 1.54) is 10.4 Å². The molecule has 0 bridgehead atoms. The van der Waals surface area contributed by atoms with Crippen molar-refractivity contribution in [2.45, 2.75) is 31.3 Å². The first-order valence-corrected chi connectivity index (χ1v) is 10.4. The van der Waals surface area contributed by atoms with Crippen molar-refractivity contribution in [3.8, 4) is 0 Å². The molecule has 6 heteroatoms. The number of thiophene rings is 1. The molecule has 0 unspecified atom stereocenters. The Hall–Kier alpha value is -1.85. The van der Waals surface area contributed by atoms with Crippen molar-refractivity contribution in [1.82, 2.24) is 9.80 Å². The van der Waals surface area contributed by atoms with E-state index in [-0.39, 0.29) is 36.3 Å². The second kappa shape index (κ2) is 7.41. The SMILES string of the molecule is O=C(CCl)N(CC(=O)N1CCc2sccc2[C@@H]1c1ccccc1)C1CC1. The number of carbonyl (C=O) groups is 2. The van der Waals surface area contributed by atoms with Crippen LogP contribution in [0.1, 0.15) is 34.9 Å². The molecule has 2 heterocycles. The fourth-order valence-electron chi connectivity index (χ4n) is 3.70. The molecule has 1 aromatic carbocycles. The zero-order valence-electron chi connectivity index (χ0n) is 14.4. The Morgan fingerprint density at radius 3 is 2.65 bits per heavy atom. The fraction of sp³-hybridized carbons (Fsp3) is 0.400. The molecule has 4 rings (SSSR count). The lowest BCUT2D eigenvalue weighted by Gasteiger charge is -2.37. The minimum atomic E-state index is -0.146. The first-order valence-electron chi connectivity index (χ1n) is 8.95. The fourth-order valence-corrected chi connectivity index (χ4v) is 4.76. The summed E-state index contributed by atoms with van der Waals surface area (Å²) >= 11 is 7.50. The Labute approximate surface area is 162 Å². The van der Waals surface area contributed by atoms with Crippen molar-refractivity contribution in [2.75, 3.05) is 19.0 Å². The molecule has 1 saturated carbocycles. The predicted octanol–water partition coefficient (Wildman–Crippen LogP) is 3.45. The van der Waals surface area contributed by atoms with E-state index < -0.39 is 0 Å². The summed E-state index contributed by atoms with van der Waals surface area (Å²) in [4.78, 5) is 30.3. The van der Waals surface area contributed by atoms with Gasteiger partial charge in [0.1, 0.15) is 12.4 Å². The number of hydrogen-bond acceptors (Lipinski definition) is 3. The molecule has 0 saturated heterocycles. The summed E-state index contributed by atoms with van der Waals surface area (Å²) in [7, 11) is 0. The zero-order chi connectivity index (χ0) is 18.1. The first-order chi connectivity index (χ1) is 12.7. The van der Waals surface area contributed by atoms with Gasteiger partial charge >= 0.3 is 0 Å². The Balaban J connectivity index is 1.61. The maximum Gasteiger partial charge on any atom is 0.243 e. The standard InChI is InChI=1S/C20H21ClN2O2S/c21-12-18(24)23(15-6-7-15)13-19(25)22-10-8-17-16(9-11-26-17)20(22)14-4-2-1-3-5-14/h1-5,9,11,15,20H,6-8,10,12-13H2/t20-/m0/s1. The lowest BCUT2D eigenvalue weighted by Crippen LogP contribution is -2.47. The van der Waals surface area contributed by atoms with Gasteiger partial charge < -0.3 is 9.80 Å². The highest BCUT2D eigenvalue weighted by atomic mass is 35.5. The molecule has 0 radical (unpaired) electrons. The molecule has 1 fully saturated rings. The highest BCUT2D eigenvalue weighted by molar-refractivity contribution is 7.10. The Morgan fingerprint density at radius 2 is 1.96 bits per heavy atom. The molecule has 1 aromatic heterocycles. The zero-order valence-corrected chi connectivity index (χ0v) is 16.0. The summed E-state index contributed by atoms with van der Waals surface area (Å²) in [6.07, 6.45) is 2.80. The van der Waals surface area contributed by atoms with Crippen molar-refractivity contribution in [1.29, 1.82) is 0 Å². The topological polar surface area (TPSA) is 40.6 Å². The van der Waals surface area contributed by atoms with E-state index in [9.17, 15) is 9.59 Å². The number of hydrogen-bond donors (Lipinski definition) is 0. The minimum absolute atomic E-state index is 0.000990. The quantitative estimate of drug-likeness (QED) is 0.736. The molecule has 26 heavy (non-hydrogen) atoms. The van der Waals surface area contributed by atoms with E-state index in [0.717, 1.165) is 24.8 Å².